The molecular formula is C41H41N3O7. The molecule has 51 heavy (non-hydrogen) atoms. The van der Waals surface area contributed by atoms with E-state index in [4.69, 9.17) is 4.74 Å². The number of rotatable bonds is 11. The maximum absolute atomic E-state index is 14.2. The molecule has 0 bridgehead atoms. The first-order chi connectivity index (χ1) is 24.7. The third-order valence-electron chi connectivity index (χ3n) is 10.6. The molecule has 0 saturated carbocycles. The lowest BCUT2D eigenvalue weighted by atomic mass is 9.82. The van der Waals surface area contributed by atoms with Crippen molar-refractivity contribution in [3.05, 3.63) is 113 Å². The Hall–Kier alpha value is -5.32. The van der Waals surface area contributed by atoms with E-state index in [0.29, 0.717) is 48.3 Å². The fraction of sp³-hybridized carbons (Fsp3) is 0.317. The van der Waals surface area contributed by atoms with Gasteiger partial charge in [-0.3, -0.25) is 24.1 Å². The zero-order chi connectivity index (χ0) is 35.9. The highest BCUT2D eigenvalue weighted by Gasteiger charge is 2.53. The normalized spacial score (nSPS) is 19.9. The Balaban J connectivity index is 1.17. The Labute approximate surface area is 296 Å². The molecule has 3 aliphatic heterocycles. The highest BCUT2D eigenvalue weighted by atomic mass is 16.5. The molecule has 3 aliphatic rings. The lowest BCUT2D eigenvalue weighted by Crippen LogP contribution is -2.46. The molecule has 3 amide bonds. The first-order valence-corrected chi connectivity index (χ1v) is 17.4. The van der Waals surface area contributed by atoms with Crippen molar-refractivity contribution in [1.29, 1.82) is 0 Å². The molecule has 3 heterocycles. The number of unbranched alkanes of at least 4 members (excludes halogenated alkanes) is 1. The average Bonchev–Trinajstić information content (AvgIpc) is 3.56. The van der Waals surface area contributed by atoms with Crippen molar-refractivity contribution in [3.8, 4) is 0 Å². The lowest BCUT2D eigenvalue weighted by molar-refractivity contribution is -0.140. The number of benzene rings is 4. The fourth-order valence-corrected chi connectivity index (χ4v) is 7.78. The molecule has 10 nitrogen and oxygen atoms in total. The highest BCUT2D eigenvalue weighted by molar-refractivity contribution is 6.28. The van der Waals surface area contributed by atoms with Crippen LogP contribution in [0.4, 0.5) is 17.1 Å². The van der Waals surface area contributed by atoms with Crippen molar-refractivity contribution in [2.45, 2.75) is 57.2 Å². The van der Waals surface area contributed by atoms with E-state index in [2.05, 4.69) is 0 Å². The number of hydrogen-bond donors (Lipinski definition) is 2. The minimum absolute atomic E-state index is 0.0297. The summed E-state index contributed by atoms with van der Waals surface area (Å²) in [5.74, 6) is -1.95. The molecule has 0 saturated heterocycles. The molecule has 0 radical (unpaired) electrons. The SMILES string of the molecule is COC(=O)CCCCN1C(=O)[C@@](O)([C@@H](C)/C=C/CC(=O)N2Cc3ccccc3C[C@H]2CO)c2cc(N3C(=O)c4cccc5cccc3c45)ccc21. The van der Waals surface area contributed by atoms with E-state index in [1.54, 1.807) is 58.0 Å². The van der Waals surface area contributed by atoms with Gasteiger partial charge in [-0.15, -0.1) is 0 Å². The van der Waals surface area contributed by atoms with Crippen LogP contribution in [0.1, 0.15) is 59.7 Å². The van der Waals surface area contributed by atoms with Gasteiger partial charge < -0.3 is 24.7 Å². The second-order valence-electron chi connectivity index (χ2n) is 13.5. The Kier molecular flexibility index (Phi) is 9.22. The number of methoxy groups -OCH3 is 1. The summed E-state index contributed by atoms with van der Waals surface area (Å²) in [5, 5.41) is 24.3. The van der Waals surface area contributed by atoms with Gasteiger partial charge in [-0.25, -0.2) is 0 Å². The number of anilines is 3. The van der Waals surface area contributed by atoms with Crippen LogP contribution in [-0.4, -0.2) is 65.1 Å². The molecule has 0 spiro atoms. The van der Waals surface area contributed by atoms with Crippen LogP contribution in [0, 0.1) is 5.92 Å². The van der Waals surface area contributed by atoms with E-state index in [9.17, 15) is 29.4 Å². The standard InChI is InChI=1S/C41H41N3O7/c1-26(10-7-17-36(46)43-24-29-12-4-3-11-28(29)22-31(43)25-45)41(50)33-23-30(19-20-34(33)42(40(41)49)21-6-5-18-37(47)51-2)44-35-16-9-14-27-13-8-15-32(38(27)35)39(44)48/h3-4,7-16,19-20,23,26,31,45,50H,5-6,17-18,21-22,24-25H2,1-2H3/b10-7+/t26-,31-,41+/m0/s1. The molecule has 4 aromatic carbocycles. The van der Waals surface area contributed by atoms with E-state index in [1.807, 2.05) is 54.6 Å². The molecule has 0 unspecified atom stereocenters. The van der Waals surface area contributed by atoms with Gasteiger partial charge in [0.05, 0.1) is 36.7 Å². The van der Waals surface area contributed by atoms with Gasteiger partial charge in [0, 0.05) is 48.5 Å². The largest absolute Gasteiger partial charge is 0.469 e. The van der Waals surface area contributed by atoms with Crippen LogP contribution in [0.25, 0.3) is 10.8 Å². The second-order valence-corrected chi connectivity index (χ2v) is 13.5. The summed E-state index contributed by atoms with van der Waals surface area (Å²) < 4.78 is 4.76. The maximum atomic E-state index is 14.2. The number of amides is 3. The third kappa shape index (κ3) is 5.88. The average molecular weight is 688 g/mol. The smallest absolute Gasteiger partial charge is 0.305 e. The summed E-state index contributed by atoms with van der Waals surface area (Å²) >= 11 is 0. The summed E-state index contributed by atoms with van der Waals surface area (Å²) in [6.07, 6.45) is 5.19. The molecule has 4 aromatic rings. The quantitative estimate of drug-likeness (QED) is 0.121. The van der Waals surface area contributed by atoms with Crippen molar-refractivity contribution in [1.82, 2.24) is 4.90 Å². The predicted octanol–water partition coefficient (Wildman–Crippen LogP) is 5.54. The maximum Gasteiger partial charge on any atom is 0.305 e. The molecule has 262 valence electrons. The topological polar surface area (TPSA) is 128 Å². The number of aliphatic hydroxyl groups excluding tert-OH is 1. The van der Waals surface area contributed by atoms with E-state index < -0.39 is 17.4 Å². The van der Waals surface area contributed by atoms with Gasteiger partial charge in [-0.1, -0.05) is 67.6 Å². The number of aliphatic hydroxyl groups is 2. The second kappa shape index (κ2) is 13.8. The van der Waals surface area contributed by atoms with Gasteiger partial charge >= 0.3 is 5.97 Å². The molecule has 0 aliphatic carbocycles. The fourth-order valence-electron chi connectivity index (χ4n) is 7.78. The first kappa shape index (κ1) is 34.1. The molecule has 0 fully saturated rings. The summed E-state index contributed by atoms with van der Waals surface area (Å²) in [7, 11) is 1.34. The minimum atomic E-state index is -1.99. The van der Waals surface area contributed by atoms with Crippen LogP contribution in [0.15, 0.2) is 91.0 Å². The van der Waals surface area contributed by atoms with Crippen LogP contribution in [-0.2, 0) is 37.7 Å². The number of carbonyl (C=O) groups is 4. The van der Waals surface area contributed by atoms with Gasteiger partial charge in [0.15, 0.2) is 5.60 Å². The van der Waals surface area contributed by atoms with Crippen LogP contribution in [0.3, 0.4) is 0 Å². The summed E-state index contributed by atoms with van der Waals surface area (Å²) in [6.45, 7) is 2.26. The van der Waals surface area contributed by atoms with Gasteiger partial charge in [-0.05, 0) is 66.1 Å². The zero-order valence-electron chi connectivity index (χ0n) is 28.7. The van der Waals surface area contributed by atoms with Crippen molar-refractivity contribution >= 4 is 51.5 Å². The van der Waals surface area contributed by atoms with Crippen LogP contribution >= 0.6 is 0 Å². The summed E-state index contributed by atoms with van der Waals surface area (Å²) in [4.78, 5) is 58.1. The highest BCUT2D eigenvalue weighted by Crippen LogP contribution is 2.49. The van der Waals surface area contributed by atoms with Crippen LogP contribution < -0.4 is 9.80 Å². The summed E-state index contributed by atoms with van der Waals surface area (Å²) in [6, 6.07) is 24.2. The Morgan fingerprint density at radius 3 is 2.51 bits per heavy atom. The number of fused-ring (bicyclic) bond motifs is 2. The van der Waals surface area contributed by atoms with Gasteiger partial charge in [0.1, 0.15) is 0 Å². The lowest BCUT2D eigenvalue weighted by Gasteiger charge is -2.36. The van der Waals surface area contributed by atoms with Crippen LogP contribution in [0.2, 0.25) is 0 Å². The monoisotopic (exact) mass is 687 g/mol. The van der Waals surface area contributed by atoms with E-state index >= 15 is 0 Å². The van der Waals surface area contributed by atoms with Crippen molar-refractivity contribution in [2.75, 3.05) is 30.1 Å². The number of nitrogens with zero attached hydrogens (tertiary/aromatic N) is 3. The molecule has 7 rings (SSSR count). The Morgan fingerprint density at radius 2 is 1.75 bits per heavy atom. The first-order valence-electron chi connectivity index (χ1n) is 17.4. The van der Waals surface area contributed by atoms with Gasteiger partial charge in [0.2, 0.25) is 5.91 Å². The Bertz CT molecular complexity index is 2070. The molecule has 10 heteroatoms. The zero-order valence-corrected chi connectivity index (χ0v) is 28.7. The molecule has 0 aromatic heterocycles. The van der Waals surface area contributed by atoms with E-state index in [0.717, 1.165) is 27.6 Å². The number of esters is 1. The Morgan fingerprint density at radius 1 is 0.980 bits per heavy atom. The number of ether oxygens (including phenoxy) is 1. The predicted molar refractivity (Wildman–Crippen MR) is 193 cm³/mol. The number of carbonyl (C=O) groups excluding carboxylic acids is 4. The van der Waals surface area contributed by atoms with Crippen molar-refractivity contribution in [3.63, 3.8) is 0 Å². The molecule has 2 N–H and O–H groups in total. The van der Waals surface area contributed by atoms with Crippen molar-refractivity contribution < 1.29 is 34.1 Å². The van der Waals surface area contributed by atoms with E-state index in [1.165, 1.54) is 7.11 Å². The van der Waals surface area contributed by atoms with Gasteiger partial charge in [0.25, 0.3) is 11.8 Å². The van der Waals surface area contributed by atoms with Crippen LogP contribution in [0.5, 0.6) is 0 Å². The molecule has 3 atom stereocenters. The number of hydrogen-bond acceptors (Lipinski definition) is 7. The van der Waals surface area contributed by atoms with Gasteiger partial charge in [-0.2, -0.15) is 0 Å². The van der Waals surface area contributed by atoms with Crippen molar-refractivity contribution in [2.24, 2.45) is 5.92 Å². The molecular weight excluding hydrogens is 646 g/mol. The van der Waals surface area contributed by atoms with E-state index in [-0.39, 0.29) is 49.8 Å². The minimum Gasteiger partial charge on any atom is -0.469 e. The third-order valence-corrected chi connectivity index (χ3v) is 10.6. The summed E-state index contributed by atoms with van der Waals surface area (Å²) in [5.41, 5.74) is 2.91.